The Morgan fingerprint density at radius 3 is 2.53 bits per heavy atom. The average Bonchev–Trinajstić information content (AvgIpc) is 2.34. The molecular weight excluding hydrogens is 214 g/mol. The number of amides is 1. The van der Waals surface area contributed by atoms with Crippen molar-refractivity contribution in [2.24, 2.45) is 11.8 Å². The smallest absolute Gasteiger partial charge is 0.223 e. The first kappa shape index (κ1) is 14.5. The lowest BCUT2D eigenvalue weighted by atomic mass is 9.97. The van der Waals surface area contributed by atoms with Gasteiger partial charge in [0.2, 0.25) is 5.91 Å². The van der Waals surface area contributed by atoms with Crippen LogP contribution in [-0.2, 0) is 4.79 Å². The largest absolute Gasteiger partial charge is 0.356 e. The first-order chi connectivity index (χ1) is 8.11. The van der Waals surface area contributed by atoms with Crippen molar-refractivity contribution in [3.63, 3.8) is 0 Å². The molecule has 1 fully saturated rings. The van der Waals surface area contributed by atoms with Gasteiger partial charge in [-0.25, -0.2) is 0 Å². The summed E-state index contributed by atoms with van der Waals surface area (Å²) < 4.78 is 0. The minimum absolute atomic E-state index is 0.120. The number of carbonyl (C=O) groups excluding carboxylic acids is 1. The van der Waals surface area contributed by atoms with Gasteiger partial charge in [0, 0.05) is 38.6 Å². The quantitative estimate of drug-likeness (QED) is 0.673. The van der Waals surface area contributed by atoms with Gasteiger partial charge in [-0.2, -0.15) is 0 Å². The summed E-state index contributed by atoms with van der Waals surface area (Å²) in [5.74, 6) is 0.734. The second kappa shape index (κ2) is 7.67. The summed E-state index contributed by atoms with van der Waals surface area (Å²) >= 11 is 0. The fraction of sp³-hybridized carbons (Fsp3) is 0.923. The zero-order valence-electron chi connectivity index (χ0n) is 11.5. The average molecular weight is 241 g/mol. The molecule has 1 rings (SSSR count). The molecule has 0 spiro atoms. The second-order valence-corrected chi connectivity index (χ2v) is 5.27. The number of piperazine rings is 1. The Bertz CT molecular complexity index is 225. The number of nitrogens with one attached hydrogen (secondary N) is 2. The molecule has 100 valence electrons. The lowest BCUT2D eigenvalue weighted by Gasteiger charge is -2.27. The van der Waals surface area contributed by atoms with E-state index in [2.05, 4.69) is 29.4 Å². The van der Waals surface area contributed by atoms with E-state index in [-0.39, 0.29) is 11.8 Å². The van der Waals surface area contributed by atoms with Gasteiger partial charge in [0.15, 0.2) is 0 Å². The van der Waals surface area contributed by atoms with Crippen LogP contribution in [0.3, 0.4) is 0 Å². The molecule has 0 aromatic carbocycles. The summed E-state index contributed by atoms with van der Waals surface area (Å²) in [6, 6.07) is 0. The van der Waals surface area contributed by atoms with Crippen molar-refractivity contribution in [1.82, 2.24) is 15.5 Å². The lowest BCUT2D eigenvalue weighted by Crippen LogP contribution is -2.44. The Labute approximate surface area is 105 Å². The van der Waals surface area contributed by atoms with Gasteiger partial charge in [0.05, 0.1) is 0 Å². The molecule has 1 aliphatic rings. The molecular formula is C13H27N3O. The van der Waals surface area contributed by atoms with E-state index in [0.29, 0.717) is 5.92 Å². The van der Waals surface area contributed by atoms with Gasteiger partial charge in [-0.1, -0.05) is 20.8 Å². The summed E-state index contributed by atoms with van der Waals surface area (Å²) in [7, 11) is 0. The number of nitrogens with zero attached hydrogens (tertiary/aromatic N) is 1. The molecule has 0 aromatic heterocycles. The van der Waals surface area contributed by atoms with Crippen molar-refractivity contribution >= 4 is 5.91 Å². The van der Waals surface area contributed by atoms with E-state index in [4.69, 9.17) is 0 Å². The van der Waals surface area contributed by atoms with Crippen molar-refractivity contribution in [3.8, 4) is 0 Å². The normalized spacial score (nSPS) is 19.3. The maximum atomic E-state index is 11.7. The minimum Gasteiger partial charge on any atom is -0.356 e. The van der Waals surface area contributed by atoms with E-state index in [1.807, 2.05) is 6.92 Å². The molecule has 0 aromatic rings. The van der Waals surface area contributed by atoms with Crippen LogP contribution >= 0.6 is 0 Å². The van der Waals surface area contributed by atoms with Crippen LogP contribution in [0.4, 0.5) is 0 Å². The van der Waals surface area contributed by atoms with Gasteiger partial charge >= 0.3 is 0 Å². The Morgan fingerprint density at radius 1 is 1.29 bits per heavy atom. The van der Waals surface area contributed by atoms with Crippen LogP contribution in [0, 0.1) is 11.8 Å². The second-order valence-electron chi connectivity index (χ2n) is 5.27. The molecule has 1 saturated heterocycles. The third-order valence-corrected chi connectivity index (χ3v) is 3.57. The third kappa shape index (κ3) is 5.50. The number of hydrogen-bond acceptors (Lipinski definition) is 3. The first-order valence-corrected chi connectivity index (χ1v) is 6.82. The van der Waals surface area contributed by atoms with Crippen molar-refractivity contribution in [1.29, 1.82) is 0 Å². The summed E-state index contributed by atoms with van der Waals surface area (Å²) in [5, 5.41) is 6.36. The van der Waals surface area contributed by atoms with E-state index in [0.717, 1.165) is 45.7 Å². The molecule has 0 saturated carbocycles. The highest BCUT2D eigenvalue weighted by Gasteiger charge is 2.15. The highest BCUT2D eigenvalue weighted by atomic mass is 16.1. The lowest BCUT2D eigenvalue weighted by molar-refractivity contribution is -0.125. The predicted molar refractivity (Wildman–Crippen MR) is 70.9 cm³/mol. The molecule has 1 amide bonds. The van der Waals surface area contributed by atoms with Gasteiger partial charge in [-0.05, 0) is 18.9 Å². The van der Waals surface area contributed by atoms with E-state index in [1.165, 1.54) is 0 Å². The van der Waals surface area contributed by atoms with Gasteiger partial charge < -0.3 is 15.5 Å². The maximum Gasteiger partial charge on any atom is 0.223 e. The molecule has 4 nitrogen and oxygen atoms in total. The van der Waals surface area contributed by atoms with Crippen LogP contribution in [0.25, 0.3) is 0 Å². The zero-order valence-corrected chi connectivity index (χ0v) is 11.5. The van der Waals surface area contributed by atoms with Crippen molar-refractivity contribution in [2.45, 2.75) is 27.2 Å². The number of carbonyl (C=O) groups is 1. The molecule has 17 heavy (non-hydrogen) atoms. The summed E-state index contributed by atoms with van der Waals surface area (Å²) in [4.78, 5) is 14.2. The van der Waals surface area contributed by atoms with Crippen molar-refractivity contribution in [2.75, 3.05) is 39.3 Å². The molecule has 2 N–H and O–H groups in total. The van der Waals surface area contributed by atoms with E-state index >= 15 is 0 Å². The maximum absolute atomic E-state index is 11.7. The zero-order chi connectivity index (χ0) is 12.7. The molecule has 0 bridgehead atoms. The van der Waals surface area contributed by atoms with Crippen LogP contribution in [0.2, 0.25) is 0 Å². The van der Waals surface area contributed by atoms with Gasteiger partial charge in [-0.3, -0.25) is 4.79 Å². The fourth-order valence-corrected chi connectivity index (χ4v) is 1.91. The highest BCUT2D eigenvalue weighted by molar-refractivity contribution is 5.78. The molecule has 0 aliphatic carbocycles. The molecule has 1 atom stereocenters. The third-order valence-electron chi connectivity index (χ3n) is 3.57. The highest BCUT2D eigenvalue weighted by Crippen LogP contribution is 2.08. The van der Waals surface area contributed by atoms with Crippen molar-refractivity contribution < 1.29 is 4.79 Å². The number of rotatable bonds is 6. The van der Waals surface area contributed by atoms with Crippen LogP contribution in [0.1, 0.15) is 27.2 Å². The molecule has 0 radical (unpaired) electrons. The molecule has 1 aliphatic heterocycles. The first-order valence-electron chi connectivity index (χ1n) is 6.82. The van der Waals surface area contributed by atoms with Crippen LogP contribution in [0.5, 0.6) is 0 Å². The van der Waals surface area contributed by atoms with E-state index in [9.17, 15) is 4.79 Å². The summed E-state index contributed by atoms with van der Waals surface area (Å²) in [6.45, 7) is 12.5. The van der Waals surface area contributed by atoms with Gasteiger partial charge in [0.25, 0.3) is 0 Å². The SMILES string of the molecule is CC(C)C(C)C(=O)NCCCN1CCNCC1. The monoisotopic (exact) mass is 241 g/mol. The molecule has 4 heteroatoms. The standard InChI is InChI=1S/C13H27N3O/c1-11(2)12(3)13(17)15-5-4-8-16-9-6-14-7-10-16/h11-12,14H,4-10H2,1-3H3,(H,15,17). The topological polar surface area (TPSA) is 44.4 Å². The van der Waals surface area contributed by atoms with Gasteiger partial charge in [-0.15, -0.1) is 0 Å². The van der Waals surface area contributed by atoms with Crippen LogP contribution in [0.15, 0.2) is 0 Å². The Balaban J connectivity index is 2.05. The fourth-order valence-electron chi connectivity index (χ4n) is 1.91. The van der Waals surface area contributed by atoms with E-state index in [1.54, 1.807) is 0 Å². The molecule has 1 heterocycles. The van der Waals surface area contributed by atoms with Crippen LogP contribution < -0.4 is 10.6 Å². The number of hydrogen-bond donors (Lipinski definition) is 2. The van der Waals surface area contributed by atoms with E-state index < -0.39 is 0 Å². The summed E-state index contributed by atoms with van der Waals surface area (Å²) in [6.07, 6.45) is 1.05. The minimum atomic E-state index is 0.120. The molecule has 1 unspecified atom stereocenters. The Morgan fingerprint density at radius 2 is 1.94 bits per heavy atom. The summed E-state index contributed by atoms with van der Waals surface area (Å²) in [5.41, 5.74) is 0. The van der Waals surface area contributed by atoms with Crippen LogP contribution in [-0.4, -0.2) is 50.1 Å². The van der Waals surface area contributed by atoms with Gasteiger partial charge in [0.1, 0.15) is 0 Å². The Hall–Kier alpha value is -0.610. The Kier molecular flexibility index (Phi) is 6.52. The van der Waals surface area contributed by atoms with Crippen molar-refractivity contribution in [3.05, 3.63) is 0 Å². The predicted octanol–water partition coefficient (Wildman–Crippen LogP) is 0.690.